The van der Waals surface area contributed by atoms with Crippen molar-refractivity contribution in [3.63, 3.8) is 0 Å². The van der Waals surface area contributed by atoms with E-state index < -0.39 is 0 Å². The first-order valence-electron chi connectivity index (χ1n) is 7.32. The van der Waals surface area contributed by atoms with Crippen LogP contribution in [-0.2, 0) is 17.7 Å². The smallest absolute Gasteiger partial charge is 0.227 e. The summed E-state index contributed by atoms with van der Waals surface area (Å²) in [5, 5.41) is 3.30. The normalized spacial score (nSPS) is 15.2. The Morgan fingerprint density at radius 3 is 2.86 bits per heavy atom. The van der Waals surface area contributed by atoms with E-state index in [1.807, 2.05) is 18.2 Å². The van der Waals surface area contributed by atoms with Crippen LogP contribution in [0.4, 0.5) is 11.8 Å². The Morgan fingerprint density at radius 2 is 2.14 bits per heavy atom. The van der Waals surface area contributed by atoms with E-state index in [0.717, 1.165) is 55.9 Å². The Balaban J connectivity index is 1.75. The molecule has 0 unspecified atom stereocenters. The van der Waals surface area contributed by atoms with Crippen LogP contribution in [0.15, 0.2) is 28.9 Å². The van der Waals surface area contributed by atoms with Gasteiger partial charge in [-0.2, -0.15) is 4.98 Å². The molecular formula is C15H20N4O2. The molecule has 112 valence electrons. The Bertz CT molecular complexity index is 565. The largest absolute Gasteiger partial charge is 0.467 e. The summed E-state index contributed by atoms with van der Waals surface area (Å²) in [6.07, 6.45) is 2.56. The predicted octanol–water partition coefficient (Wildman–Crippen LogP) is 2.08. The minimum Gasteiger partial charge on any atom is -0.467 e. The number of rotatable bonds is 5. The van der Waals surface area contributed by atoms with Gasteiger partial charge in [-0.1, -0.05) is 6.92 Å². The lowest BCUT2D eigenvalue weighted by Gasteiger charge is -2.27. The molecule has 0 atom stereocenters. The molecule has 0 spiro atoms. The summed E-state index contributed by atoms with van der Waals surface area (Å²) in [5.41, 5.74) is 1.04. The molecule has 0 aliphatic carbocycles. The van der Waals surface area contributed by atoms with Gasteiger partial charge in [-0.3, -0.25) is 0 Å². The summed E-state index contributed by atoms with van der Waals surface area (Å²) < 4.78 is 10.7. The molecule has 1 N–H and O–H groups in total. The number of aromatic nitrogens is 2. The molecule has 2 aromatic rings. The standard InChI is InChI=1S/C15H20N4O2/c1-2-12-10-14(16-11-13-4-3-7-21-13)18-15(17-12)19-5-8-20-9-6-19/h3-4,7,10H,2,5-6,8-9,11H2,1H3,(H,16,17,18). The van der Waals surface area contributed by atoms with E-state index in [4.69, 9.17) is 9.15 Å². The van der Waals surface area contributed by atoms with E-state index in [9.17, 15) is 0 Å². The maximum absolute atomic E-state index is 5.38. The van der Waals surface area contributed by atoms with Crippen LogP contribution in [0.3, 0.4) is 0 Å². The number of furan rings is 1. The fraction of sp³-hybridized carbons (Fsp3) is 0.467. The molecule has 0 bridgehead atoms. The van der Waals surface area contributed by atoms with Crippen molar-refractivity contribution in [3.05, 3.63) is 35.9 Å². The third kappa shape index (κ3) is 3.52. The summed E-state index contributed by atoms with van der Waals surface area (Å²) in [7, 11) is 0. The van der Waals surface area contributed by atoms with Gasteiger partial charge in [0.15, 0.2) is 0 Å². The molecule has 0 amide bonds. The molecule has 1 aliphatic rings. The maximum Gasteiger partial charge on any atom is 0.227 e. The van der Waals surface area contributed by atoms with E-state index in [0.29, 0.717) is 6.54 Å². The number of morpholine rings is 1. The number of nitrogens with zero attached hydrogens (tertiary/aromatic N) is 3. The molecule has 0 radical (unpaired) electrons. The lowest BCUT2D eigenvalue weighted by atomic mass is 10.3. The highest BCUT2D eigenvalue weighted by Gasteiger charge is 2.15. The number of nitrogens with one attached hydrogen (secondary N) is 1. The van der Waals surface area contributed by atoms with Crippen LogP contribution in [0.2, 0.25) is 0 Å². The van der Waals surface area contributed by atoms with Crippen molar-refractivity contribution in [3.8, 4) is 0 Å². The Labute approximate surface area is 124 Å². The van der Waals surface area contributed by atoms with E-state index >= 15 is 0 Å². The number of hydrogen-bond donors (Lipinski definition) is 1. The van der Waals surface area contributed by atoms with Gasteiger partial charge in [0.2, 0.25) is 5.95 Å². The van der Waals surface area contributed by atoms with E-state index in [-0.39, 0.29) is 0 Å². The molecule has 1 aliphatic heterocycles. The monoisotopic (exact) mass is 288 g/mol. The molecule has 0 aromatic carbocycles. The average Bonchev–Trinajstić information content (AvgIpc) is 3.07. The Morgan fingerprint density at radius 1 is 1.29 bits per heavy atom. The molecule has 3 heterocycles. The van der Waals surface area contributed by atoms with Crippen molar-refractivity contribution in [1.29, 1.82) is 0 Å². The Kier molecular flexibility index (Phi) is 4.35. The maximum atomic E-state index is 5.38. The van der Waals surface area contributed by atoms with Crippen molar-refractivity contribution >= 4 is 11.8 Å². The second kappa shape index (κ2) is 6.58. The predicted molar refractivity (Wildman–Crippen MR) is 80.5 cm³/mol. The van der Waals surface area contributed by atoms with Crippen LogP contribution in [0.25, 0.3) is 0 Å². The van der Waals surface area contributed by atoms with Gasteiger partial charge < -0.3 is 19.4 Å². The van der Waals surface area contributed by atoms with Crippen LogP contribution in [-0.4, -0.2) is 36.3 Å². The van der Waals surface area contributed by atoms with Gasteiger partial charge in [0.25, 0.3) is 0 Å². The second-order valence-corrected chi connectivity index (χ2v) is 4.93. The summed E-state index contributed by atoms with van der Waals surface area (Å²) in [6.45, 7) is 5.86. The summed E-state index contributed by atoms with van der Waals surface area (Å²) in [4.78, 5) is 11.4. The second-order valence-electron chi connectivity index (χ2n) is 4.93. The van der Waals surface area contributed by atoms with Gasteiger partial charge in [0.1, 0.15) is 11.6 Å². The van der Waals surface area contributed by atoms with Crippen molar-refractivity contribution in [1.82, 2.24) is 9.97 Å². The third-order valence-corrected chi connectivity index (χ3v) is 3.45. The highest BCUT2D eigenvalue weighted by Crippen LogP contribution is 2.16. The zero-order valence-corrected chi connectivity index (χ0v) is 12.2. The van der Waals surface area contributed by atoms with Gasteiger partial charge in [-0.05, 0) is 18.6 Å². The number of hydrogen-bond acceptors (Lipinski definition) is 6. The zero-order chi connectivity index (χ0) is 14.5. The number of ether oxygens (including phenoxy) is 1. The lowest BCUT2D eigenvalue weighted by Crippen LogP contribution is -2.37. The van der Waals surface area contributed by atoms with Crippen molar-refractivity contribution < 1.29 is 9.15 Å². The van der Waals surface area contributed by atoms with Crippen LogP contribution in [0.1, 0.15) is 18.4 Å². The van der Waals surface area contributed by atoms with Crippen LogP contribution in [0.5, 0.6) is 0 Å². The minimum atomic E-state index is 0.621. The van der Waals surface area contributed by atoms with Crippen molar-refractivity contribution in [2.24, 2.45) is 0 Å². The van der Waals surface area contributed by atoms with Gasteiger partial charge >= 0.3 is 0 Å². The quantitative estimate of drug-likeness (QED) is 0.909. The van der Waals surface area contributed by atoms with Gasteiger partial charge in [-0.15, -0.1) is 0 Å². The fourth-order valence-electron chi connectivity index (χ4n) is 2.25. The molecule has 2 aromatic heterocycles. The van der Waals surface area contributed by atoms with Crippen molar-refractivity contribution in [2.45, 2.75) is 19.9 Å². The molecule has 6 nitrogen and oxygen atoms in total. The molecule has 21 heavy (non-hydrogen) atoms. The first kappa shape index (κ1) is 13.9. The summed E-state index contributed by atoms with van der Waals surface area (Å²) >= 11 is 0. The van der Waals surface area contributed by atoms with Crippen LogP contribution in [0, 0.1) is 0 Å². The van der Waals surface area contributed by atoms with E-state index in [1.54, 1.807) is 6.26 Å². The molecule has 1 fully saturated rings. The summed E-state index contributed by atoms with van der Waals surface area (Å²) in [5.74, 6) is 2.50. The van der Waals surface area contributed by atoms with Gasteiger partial charge in [0.05, 0.1) is 26.0 Å². The summed E-state index contributed by atoms with van der Waals surface area (Å²) in [6, 6.07) is 5.82. The lowest BCUT2D eigenvalue weighted by molar-refractivity contribution is 0.122. The first-order chi connectivity index (χ1) is 10.3. The topological polar surface area (TPSA) is 63.4 Å². The number of aryl methyl sites for hydroxylation is 1. The molecule has 1 saturated heterocycles. The zero-order valence-electron chi connectivity index (χ0n) is 12.2. The van der Waals surface area contributed by atoms with E-state index in [2.05, 4.69) is 27.1 Å². The van der Waals surface area contributed by atoms with Gasteiger partial charge in [0, 0.05) is 24.8 Å². The number of anilines is 2. The molecular weight excluding hydrogens is 268 g/mol. The van der Waals surface area contributed by atoms with Crippen molar-refractivity contribution in [2.75, 3.05) is 36.5 Å². The highest BCUT2D eigenvalue weighted by atomic mass is 16.5. The average molecular weight is 288 g/mol. The first-order valence-corrected chi connectivity index (χ1v) is 7.32. The highest BCUT2D eigenvalue weighted by molar-refractivity contribution is 5.44. The minimum absolute atomic E-state index is 0.621. The van der Waals surface area contributed by atoms with Crippen LogP contribution < -0.4 is 10.2 Å². The molecule has 3 rings (SSSR count). The molecule has 6 heteroatoms. The third-order valence-electron chi connectivity index (χ3n) is 3.45. The van der Waals surface area contributed by atoms with Gasteiger partial charge in [-0.25, -0.2) is 4.98 Å². The van der Waals surface area contributed by atoms with Crippen LogP contribution >= 0.6 is 0 Å². The SMILES string of the molecule is CCc1cc(NCc2ccco2)nc(N2CCOCC2)n1. The Hall–Kier alpha value is -2.08. The fourth-order valence-corrected chi connectivity index (χ4v) is 2.25. The van der Waals surface area contributed by atoms with E-state index in [1.165, 1.54) is 0 Å². The molecule has 0 saturated carbocycles.